The topological polar surface area (TPSA) is 73.9 Å². The lowest BCUT2D eigenvalue weighted by atomic mass is 10.2. The van der Waals surface area contributed by atoms with Crippen molar-refractivity contribution in [3.63, 3.8) is 0 Å². The number of rotatable bonds is 3. The molecule has 1 heterocycles. The predicted octanol–water partition coefficient (Wildman–Crippen LogP) is 2.81. The van der Waals surface area contributed by atoms with Crippen LogP contribution < -0.4 is 10.5 Å². The third kappa shape index (κ3) is 3.37. The summed E-state index contributed by atoms with van der Waals surface area (Å²) in [6, 6.07) is 4.57. The summed E-state index contributed by atoms with van der Waals surface area (Å²) < 4.78 is 19.8. The molecule has 19 heavy (non-hydrogen) atoms. The van der Waals surface area contributed by atoms with Gasteiger partial charge in [0.05, 0.1) is 11.7 Å². The summed E-state index contributed by atoms with van der Waals surface area (Å²) in [5, 5.41) is 0. The molecule has 0 aliphatic heterocycles. The summed E-state index contributed by atoms with van der Waals surface area (Å²) in [6.45, 7) is 3.67. The molecule has 0 bridgehead atoms. The lowest BCUT2D eigenvalue weighted by Gasteiger charge is -2.09. The normalized spacial score (nSPS) is 10.8. The monoisotopic (exact) mass is 326 g/mol. The highest BCUT2D eigenvalue weighted by Crippen LogP contribution is 2.25. The quantitative estimate of drug-likeness (QED) is 0.938. The number of hydrogen-bond acceptors (Lipinski definition) is 5. The lowest BCUT2D eigenvalue weighted by Crippen LogP contribution is -2.11. The summed E-state index contributed by atoms with van der Waals surface area (Å²) in [5.74, 6) is -0.314. The molecule has 0 aliphatic carbocycles. The molecule has 2 aromatic rings. The van der Waals surface area contributed by atoms with E-state index in [1.807, 2.05) is 13.8 Å². The van der Waals surface area contributed by atoms with Gasteiger partial charge in [-0.25, -0.2) is 4.39 Å². The second-order valence-electron chi connectivity index (χ2n) is 4.09. The summed E-state index contributed by atoms with van der Waals surface area (Å²) >= 11 is 3.27. The molecule has 0 spiro atoms. The van der Waals surface area contributed by atoms with Crippen molar-refractivity contribution in [3.8, 4) is 17.4 Å². The largest absolute Gasteiger partial charge is 0.461 e. The average molecular weight is 327 g/mol. The Morgan fingerprint density at radius 3 is 2.68 bits per heavy atom. The molecule has 2 N–H and O–H groups in total. The number of nitrogens with zero attached hydrogens (tertiary/aromatic N) is 3. The van der Waals surface area contributed by atoms with Crippen LogP contribution in [0.5, 0.6) is 6.01 Å². The first kappa shape index (κ1) is 13.7. The molecule has 1 aromatic carbocycles. The van der Waals surface area contributed by atoms with Gasteiger partial charge in [-0.05, 0) is 32.0 Å². The highest BCUT2D eigenvalue weighted by molar-refractivity contribution is 9.10. The molecule has 2 rings (SSSR count). The molecular weight excluding hydrogens is 315 g/mol. The van der Waals surface area contributed by atoms with Crippen molar-refractivity contribution < 1.29 is 9.13 Å². The number of halogens is 2. The molecule has 0 aliphatic rings. The van der Waals surface area contributed by atoms with Gasteiger partial charge in [-0.2, -0.15) is 15.0 Å². The Morgan fingerprint density at radius 1 is 1.26 bits per heavy atom. The zero-order valence-electron chi connectivity index (χ0n) is 10.4. The highest BCUT2D eigenvalue weighted by Gasteiger charge is 2.13. The van der Waals surface area contributed by atoms with Gasteiger partial charge in [0, 0.05) is 4.47 Å². The predicted molar refractivity (Wildman–Crippen MR) is 73.1 cm³/mol. The Hall–Kier alpha value is -1.76. The molecule has 0 atom stereocenters. The van der Waals surface area contributed by atoms with Crippen molar-refractivity contribution in [2.24, 2.45) is 0 Å². The van der Waals surface area contributed by atoms with Gasteiger partial charge < -0.3 is 10.5 Å². The molecule has 7 heteroatoms. The van der Waals surface area contributed by atoms with E-state index < -0.39 is 5.82 Å². The number of anilines is 1. The summed E-state index contributed by atoms with van der Waals surface area (Å²) in [7, 11) is 0. The fourth-order valence-corrected chi connectivity index (χ4v) is 1.79. The first-order valence-electron chi connectivity index (χ1n) is 5.59. The second-order valence-corrected chi connectivity index (χ2v) is 5.01. The molecule has 1 aromatic heterocycles. The standard InChI is InChI=1S/C12H12BrFN4O/c1-6(2)19-12-17-10(16-11(15)18-12)8-5-7(13)3-4-9(8)14/h3-6H,1-2H3,(H2,15,16,17,18). The van der Waals surface area contributed by atoms with Gasteiger partial charge in [0.1, 0.15) is 5.82 Å². The van der Waals surface area contributed by atoms with Crippen molar-refractivity contribution in [1.82, 2.24) is 15.0 Å². The molecule has 0 fully saturated rings. The third-order valence-electron chi connectivity index (χ3n) is 2.14. The maximum atomic E-state index is 13.8. The van der Waals surface area contributed by atoms with Crippen LogP contribution in [0.25, 0.3) is 11.4 Å². The van der Waals surface area contributed by atoms with Crippen molar-refractivity contribution in [3.05, 3.63) is 28.5 Å². The minimum atomic E-state index is -0.440. The van der Waals surface area contributed by atoms with E-state index in [9.17, 15) is 4.39 Å². The fourth-order valence-electron chi connectivity index (χ4n) is 1.42. The zero-order valence-corrected chi connectivity index (χ0v) is 12.0. The number of benzene rings is 1. The Kier molecular flexibility index (Phi) is 3.94. The number of nitrogen functional groups attached to an aromatic ring is 1. The van der Waals surface area contributed by atoms with E-state index in [1.54, 1.807) is 12.1 Å². The lowest BCUT2D eigenvalue weighted by molar-refractivity contribution is 0.222. The van der Waals surface area contributed by atoms with E-state index in [1.165, 1.54) is 6.07 Å². The van der Waals surface area contributed by atoms with Crippen molar-refractivity contribution in [1.29, 1.82) is 0 Å². The smallest absolute Gasteiger partial charge is 0.322 e. The van der Waals surface area contributed by atoms with Crippen LogP contribution >= 0.6 is 15.9 Å². The van der Waals surface area contributed by atoms with E-state index in [0.29, 0.717) is 4.47 Å². The van der Waals surface area contributed by atoms with Crippen LogP contribution in [0, 0.1) is 5.82 Å². The Labute approximate surface area is 118 Å². The summed E-state index contributed by atoms with van der Waals surface area (Å²) in [4.78, 5) is 11.8. The number of ether oxygens (including phenoxy) is 1. The summed E-state index contributed by atoms with van der Waals surface area (Å²) in [6.07, 6.45) is -0.109. The van der Waals surface area contributed by atoms with Gasteiger partial charge in [-0.15, -0.1) is 0 Å². The van der Waals surface area contributed by atoms with Crippen LogP contribution in [-0.2, 0) is 0 Å². The summed E-state index contributed by atoms with van der Waals surface area (Å²) in [5.41, 5.74) is 5.82. The van der Waals surface area contributed by atoms with E-state index in [-0.39, 0.29) is 29.5 Å². The molecule has 0 saturated heterocycles. The second kappa shape index (κ2) is 5.48. The molecule has 5 nitrogen and oxygen atoms in total. The average Bonchev–Trinajstić information content (AvgIpc) is 2.30. The van der Waals surface area contributed by atoms with E-state index in [2.05, 4.69) is 30.9 Å². The number of nitrogens with two attached hydrogens (primary N) is 1. The Morgan fingerprint density at radius 2 is 2.00 bits per heavy atom. The minimum absolute atomic E-state index is 0.0139. The van der Waals surface area contributed by atoms with Gasteiger partial charge in [0.15, 0.2) is 5.82 Å². The molecular formula is C12H12BrFN4O. The minimum Gasteiger partial charge on any atom is -0.461 e. The SMILES string of the molecule is CC(C)Oc1nc(N)nc(-c2cc(Br)ccc2F)n1. The zero-order chi connectivity index (χ0) is 14.0. The van der Waals surface area contributed by atoms with Crippen LogP contribution in [0.4, 0.5) is 10.3 Å². The van der Waals surface area contributed by atoms with Crippen molar-refractivity contribution >= 4 is 21.9 Å². The van der Waals surface area contributed by atoms with Gasteiger partial charge in [0.2, 0.25) is 5.95 Å². The van der Waals surface area contributed by atoms with Crippen molar-refractivity contribution in [2.45, 2.75) is 20.0 Å². The molecule has 100 valence electrons. The third-order valence-corrected chi connectivity index (χ3v) is 2.64. The Balaban J connectivity index is 2.49. The van der Waals surface area contributed by atoms with E-state index in [0.717, 1.165) is 0 Å². The molecule has 0 amide bonds. The molecule has 0 radical (unpaired) electrons. The van der Waals surface area contributed by atoms with Gasteiger partial charge in [-0.3, -0.25) is 0 Å². The number of hydrogen-bond donors (Lipinski definition) is 1. The van der Waals surface area contributed by atoms with Gasteiger partial charge in [-0.1, -0.05) is 15.9 Å². The van der Waals surface area contributed by atoms with Crippen LogP contribution in [0.3, 0.4) is 0 Å². The molecule has 0 saturated carbocycles. The van der Waals surface area contributed by atoms with Gasteiger partial charge in [0.25, 0.3) is 0 Å². The van der Waals surface area contributed by atoms with Crippen LogP contribution in [0.1, 0.15) is 13.8 Å². The van der Waals surface area contributed by atoms with Crippen LogP contribution in [-0.4, -0.2) is 21.1 Å². The van der Waals surface area contributed by atoms with E-state index in [4.69, 9.17) is 10.5 Å². The first-order valence-corrected chi connectivity index (χ1v) is 6.38. The first-order chi connectivity index (χ1) is 8.95. The Bertz CT molecular complexity index is 606. The van der Waals surface area contributed by atoms with E-state index >= 15 is 0 Å². The van der Waals surface area contributed by atoms with Crippen LogP contribution in [0.15, 0.2) is 22.7 Å². The molecule has 0 unspecified atom stereocenters. The van der Waals surface area contributed by atoms with Crippen LogP contribution in [0.2, 0.25) is 0 Å². The van der Waals surface area contributed by atoms with Crippen molar-refractivity contribution in [2.75, 3.05) is 5.73 Å². The highest BCUT2D eigenvalue weighted by atomic mass is 79.9. The van der Waals surface area contributed by atoms with Gasteiger partial charge >= 0.3 is 6.01 Å². The fraction of sp³-hybridized carbons (Fsp3) is 0.250. The maximum Gasteiger partial charge on any atom is 0.322 e. The number of aromatic nitrogens is 3. The maximum absolute atomic E-state index is 13.8.